The fourth-order valence-corrected chi connectivity index (χ4v) is 1.25. The van der Waals surface area contributed by atoms with Crippen molar-refractivity contribution >= 4 is 22.9 Å². The van der Waals surface area contributed by atoms with Crippen LogP contribution in [0.1, 0.15) is 13.8 Å². The standard InChI is InChI=1S/C13H20N2OS/c1-13(2,12(14)17)9-16-11-7-5-6-10(8-11)15(3)4/h5-8H,9H2,1-4H3,(H2,14,17). The number of hydrogen-bond acceptors (Lipinski definition) is 3. The molecule has 0 aliphatic rings. The van der Waals surface area contributed by atoms with Crippen molar-refractivity contribution in [2.24, 2.45) is 11.1 Å². The van der Waals surface area contributed by atoms with E-state index in [1.807, 2.05) is 57.1 Å². The summed E-state index contributed by atoms with van der Waals surface area (Å²) < 4.78 is 5.73. The number of anilines is 1. The number of nitrogens with zero attached hydrogens (tertiary/aromatic N) is 1. The molecular formula is C13H20N2OS. The van der Waals surface area contributed by atoms with Gasteiger partial charge in [-0.05, 0) is 12.1 Å². The topological polar surface area (TPSA) is 38.5 Å². The molecule has 0 saturated heterocycles. The largest absolute Gasteiger partial charge is 0.493 e. The molecule has 0 aromatic heterocycles. The van der Waals surface area contributed by atoms with E-state index in [2.05, 4.69) is 0 Å². The molecule has 0 radical (unpaired) electrons. The predicted octanol–water partition coefficient (Wildman–Crippen LogP) is 2.44. The Morgan fingerprint density at radius 3 is 2.59 bits per heavy atom. The molecule has 0 fully saturated rings. The molecule has 1 aromatic rings. The fourth-order valence-electron chi connectivity index (χ4n) is 1.19. The van der Waals surface area contributed by atoms with Crippen LogP contribution in [-0.4, -0.2) is 25.7 Å². The van der Waals surface area contributed by atoms with E-state index in [0.717, 1.165) is 11.4 Å². The summed E-state index contributed by atoms with van der Waals surface area (Å²) >= 11 is 5.00. The minimum atomic E-state index is -0.288. The molecule has 0 saturated carbocycles. The summed E-state index contributed by atoms with van der Waals surface area (Å²) in [7, 11) is 4.00. The van der Waals surface area contributed by atoms with Crippen LogP contribution < -0.4 is 15.4 Å². The quantitative estimate of drug-likeness (QED) is 0.817. The average molecular weight is 252 g/mol. The van der Waals surface area contributed by atoms with E-state index < -0.39 is 0 Å². The number of thiocarbonyl (C=S) groups is 1. The lowest BCUT2D eigenvalue weighted by atomic mass is 9.95. The second-order valence-electron chi connectivity index (χ2n) is 4.93. The zero-order valence-corrected chi connectivity index (χ0v) is 11.7. The number of ether oxygens (including phenoxy) is 1. The van der Waals surface area contributed by atoms with E-state index in [0.29, 0.717) is 11.6 Å². The summed E-state index contributed by atoms with van der Waals surface area (Å²) in [6, 6.07) is 7.93. The Labute approximate surface area is 109 Å². The van der Waals surface area contributed by atoms with Gasteiger partial charge in [0.25, 0.3) is 0 Å². The molecule has 0 amide bonds. The average Bonchev–Trinajstić information content (AvgIpc) is 2.26. The van der Waals surface area contributed by atoms with Gasteiger partial charge in [0, 0.05) is 31.3 Å². The fraction of sp³-hybridized carbons (Fsp3) is 0.462. The number of rotatable bonds is 5. The van der Waals surface area contributed by atoms with Crippen LogP contribution in [0, 0.1) is 5.41 Å². The molecule has 0 heterocycles. The summed E-state index contributed by atoms with van der Waals surface area (Å²) in [4.78, 5) is 2.51. The predicted molar refractivity (Wildman–Crippen MR) is 76.8 cm³/mol. The van der Waals surface area contributed by atoms with Crippen molar-refractivity contribution in [1.29, 1.82) is 0 Å². The van der Waals surface area contributed by atoms with Crippen LogP contribution in [0.15, 0.2) is 24.3 Å². The van der Waals surface area contributed by atoms with Gasteiger partial charge in [0.1, 0.15) is 5.75 Å². The van der Waals surface area contributed by atoms with E-state index >= 15 is 0 Å². The second-order valence-corrected chi connectivity index (χ2v) is 5.37. The van der Waals surface area contributed by atoms with Gasteiger partial charge in [0.05, 0.1) is 11.6 Å². The molecule has 0 atom stereocenters. The van der Waals surface area contributed by atoms with Crippen molar-refractivity contribution in [3.63, 3.8) is 0 Å². The van der Waals surface area contributed by atoms with Gasteiger partial charge in [-0.25, -0.2) is 0 Å². The minimum Gasteiger partial charge on any atom is -0.493 e. The molecule has 94 valence electrons. The van der Waals surface area contributed by atoms with Gasteiger partial charge >= 0.3 is 0 Å². The third kappa shape index (κ3) is 3.89. The van der Waals surface area contributed by atoms with Crippen molar-refractivity contribution in [2.45, 2.75) is 13.8 Å². The summed E-state index contributed by atoms with van der Waals surface area (Å²) in [6.07, 6.45) is 0. The number of benzene rings is 1. The zero-order chi connectivity index (χ0) is 13.1. The van der Waals surface area contributed by atoms with E-state index in [-0.39, 0.29) is 5.41 Å². The molecule has 0 unspecified atom stereocenters. The lowest BCUT2D eigenvalue weighted by Crippen LogP contribution is -2.35. The molecule has 0 aliphatic heterocycles. The zero-order valence-electron chi connectivity index (χ0n) is 10.9. The summed E-state index contributed by atoms with van der Waals surface area (Å²) in [5.74, 6) is 0.834. The highest BCUT2D eigenvalue weighted by atomic mass is 32.1. The van der Waals surface area contributed by atoms with Gasteiger partial charge in [0.2, 0.25) is 0 Å². The third-order valence-corrected chi connectivity index (χ3v) is 3.15. The van der Waals surface area contributed by atoms with Crippen LogP contribution in [0.5, 0.6) is 5.75 Å². The van der Waals surface area contributed by atoms with Gasteiger partial charge in [-0.1, -0.05) is 32.1 Å². The van der Waals surface area contributed by atoms with Gasteiger partial charge < -0.3 is 15.4 Å². The Morgan fingerprint density at radius 2 is 2.06 bits per heavy atom. The van der Waals surface area contributed by atoms with Gasteiger partial charge in [0.15, 0.2) is 0 Å². The van der Waals surface area contributed by atoms with Gasteiger partial charge in [-0.2, -0.15) is 0 Å². The first-order valence-electron chi connectivity index (χ1n) is 5.53. The Bertz CT molecular complexity index is 402. The smallest absolute Gasteiger partial charge is 0.121 e. The first-order chi connectivity index (χ1) is 7.83. The van der Waals surface area contributed by atoms with Crippen molar-refractivity contribution < 1.29 is 4.74 Å². The molecule has 1 rings (SSSR count). The van der Waals surface area contributed by atoms with Gasteiger partial charge in [-0.3, -0.25) is 0 Å². The molecule has 0 aliphatic carbocycles. The molecular weight excluding hydrogens is 232 g/mol. The highest BCUT2D eigenvalue weighted by Crippen LogP contribution is 2.22. The van der Waals surface area contributed by atoms with E-state index in [9.17, 15) is 0 Å². The van der Waals surface area contributed by atoms with Crippen LogP contribution in [0.2, 0.25) is 0 Å². The molecule has 2 N–H and O–H groups in total. The first kappa shape index (κ1) is 13.8. The monoisotopic (exact) mass is 252 g/mol. The Kier molecular flexibility index (Phi) is 4.34. The molecule has 3 nitrogen and oxygen atoms in total. The van der Waals surface area contributed by atoms with Crippen LogP contribution in [0.3, 0.4) is 0 Å². The SMILES string of the molecule is CN(C)c1cccc(OCC(C)(C)C(N)=S)c1. The number of hydrogen-bond donors (Lipinski definition) is 1. The highest BCUT2D eigenvalue weighted by molar-refractivity contribution is 7.80. The second kappa shape index (κ2) is 5.36. The minimum absolute atomic E-state index is 0.288. The Hall–Kier alpha value is -1.29. The third-order valence-electron chi connectivity index (χ3n) is 2.60. The maximum Gasteiger partial charge on any atom is 0.121 e. The highest BCUT2D eigenvalue weighted by Gasteiger charge is 2.22. The summed E-state index contributed by atoms with van der Waals surface area (Å²) in [5.41, 5.74) is 6.47. The molecule has 0 spiro atoms. The van der Waals surface area contributed by atoms with Crippen LogP contribution >= 0.6 is 12.2 Å². The van der Waals surface area contributed by atoms with E-state index in [1.54, 1.807) is 0 Å². The van der Waals surface area contributed by atoms with E-state index in [1.165, 1.54) is 0 Å². The normalized spacial score (nSPS) is 11.1. The van der Waals surface area contributed by atoms with Crippen molar-refractivity contribution in [2.75, 3.05) is 25.6 Å². The maximum absolute atomic E-state index is 5.73. The molecule has 4 heteroatoms. The lowest BCUT2D eigenvalue weighted by molar-refractivity contribution is 0.236. The Balaban J connectivity index is 2.70. The van der Waals surface area contributed by atoms with Crippen LogP contribution in [0.25, 0.3) is 0 Å². The van der Waals surface area contributed by atoms with Crippen LogP contribution in [-0.2, 0) is 0 Å². The molecule has 1 aromatic carbocycles. The summed E-state index contributed by atoms with van der Waals surface area (Å²) in [6.45, 7) is 4.44. The van der Waals surface area contributed by atoms with Crippen molar-refractivity contribution in [1.82, 2.24) is 0 Å². The summed E-state index contributed by atoms with van der Waals surface area (Å²) in [5, 5.41) is 0. The van der Waals surface area contributed by atoms with E-state index in [4.69, 9.17) is 22.7 Å². The van der Waals surface area contributed by atoms with Crippen LogP contribution in [0.4, 0.5) is 5.69 Å². The van der Waals surface area contributed by atoms with Crippen molar-refractivity contribution in [3.8, 4) is 5.75 Å². The molecule has 0 bridgehead atoms. The number of nitrogens with two attached hydrogens (primary N) is 1. The lowest BCUT2D eigenvalue weighted by Gasteiger charge is -2.23. The molecule has 17 heavy (non-hydrogen) atoms. The maximum atomic E-state index is 5.73. The first-order valence-corrected chi connectivity index (χ1v) is 5.94. The Morgan fingerprint density at radius 1 is 1.41 bits per heavy atom. The van der Waals surface area contributed by atoms with Gasteiger partial charge in [-0.15, -0.1) is 0 Å². The van der Waals surface area contributed by atoms with Crippen molar-refractivity contribution in [3.05, 3.63) is 24.3 Å².